The molecule has 0 radical (unpaired) electrons. The third kappa shape index (κ3) is 1.95. The van der Waals surface area contributed by atoms with Gasteiger partial charge in [-0.25, -0.2) is 4.68 Å². The molecule has 0 aliphatic heterocycles. The fourth-order valence-corrected chi connectivity index (χ4v) is 1.02. The van der Waals surface area contributed by atoms with Gasteiger partial charge in [0.25, 0.3) is 5.56 Å². The molecule has 0 amide bonds. The summed E-state index contributed by atoms with van der Waals surface area (Å²) in [5.74, 6) is 0. The van der Waals surface area contributed by atoms with Crippen LogP contribution in [0.5, 0.6) is 0 Å². The highest BCUT2D eigenvalue weighted by Crippen LogP contribution is 2.07. The molecule has 1 rings (SSSR count). The Kier molecular flexibility index (Phi) is 2.52. The highest BCUT2D eigenvalue weighted by molar-refractivity contribution is 4.99. The predicted molar refractivity (Wildman–Crippen MR) is 51.6 cm³/mol. The van der Waals surface area contributed by atoms with Crippen molar-refractivity contribution in [3.63, 3.8) is 0 Å². The lowest BCUT2D eigenvalue weighted by Gasteiger charge is -2.23. The average molecular weight is 181 g/mol. The zero-order valence-corrected chi connectivity index (χ0v) is 8.24. The van der Waals surface area contributed by atoms with Crippen LogP contribution in [0.3, 0.4) is 0 Å². The molecule has 0 spiro atoms. The first-order chi connectivity index (χ1) is 5.97. The van der Waals surface area contributed by atoms with E-state index in [9.17, 15) is 4.79 Å². The van der Waals surface area contributed by atoms with Gasteiger partial charge in [0.2, 0.25) is 0 Å². The fourth-order valence-electron chi connectivity index (χ4n) is 1.02. The van der Waals surface area contributed by atoms with E-state index >= 15 is 0 Å². The summed E-state index contributed by atoms with van der Waals surface area (Å²) in [6.45, 7) is 6.02. The van der Waals surface area contributed by atoms with E-state index in [0.717, 1.165) is 5.69 Å². The maximum atomic E-state index is 11.4. The molecule has 0 saturated heterocycles. The Morgan fingerprint density at radius 3 is 2.69 bits per heavy atom. The van der Waals surface area contributed by atoms with Gasteiger partial charge in [-0.05, 0) is 26.8 Å². The highest BCUT2D eigenvalue weighted by atomic mass is 16.1. The van der Waals surface area contributed by atoms with E-state index in [2.05, 4.69) is 5.10 Å². The van der Waals surface area contributed by atoms with Crippen LogP contribution >= 0.6 is 0 Å². The molecule has 0 bridgehead atoms. The highest BCUT2D eigenvalue weighted by Gasteiger charge is 2.20. The maximum absolute atomic E-state index is 11.4. The van der Waals surface area contributed by atoms with Gasteiger partial charge in [0.1, 0.15) is 0 Å². The number of hydrogen-bond acceptors (Lipinski definition) is 3. The van der Waals surface area contributed by atoms with Gasteiger partial charge < -0.3 is 5.73 Å². The summed E-state index contributed by atoms with van der Waals surface area (Å²) >= 11 is 0. The zero-order chi connectivity index (χ0) is 10.1. The SMILES string of the molecule is Cc1ccc(=O)n(C(C)(C)CN)n1. The molecule has 1 heterocycles. The molecule has 0 aliphatic rings. The summed E-state index contributed by atoms with van der Waals surface area (Å²) in [5, 5.41) is 4.14. The Balaban J connectivity index is 3.29. The molecular weight excluding hydrogens is 166 g/mol. The number of nitrogens with two attached hydrogens (primary N) is 1. The molecule has 0 unspecified atom stereocenters. The van der Waals surface area contributed by atoms with E-state index < -0.39 is 5.54 Å². The smallest absolute Gasteiger partial charge is 0.267 e. The van der Waals surface area contributed by atoms with Crippen molar-refractivity contribution >= 4 is 0 Å². The first-order valence-corrected chi connectivity index (χ1v) is 4.25. The number of aromatic nitrogens is 2. The monoisotopic (exact) mass is 181 g/mol. The molecule has 1 aromatic rings. The second-order valence-corrected chi connectivity index (χ2v) is 3.74. The third-order valence-corrected chi connectivity index (χ3v) is 2.01. The quantitative estimate of drug-likeness (QED) is 0.711. The lowest BCUT2D eigenvalue weighted by molar-refractivity contribution is 0.312. The Morgan fingerprint density at radius 2 is 2.15 bits per heavy atom. The van der Waals surface area contributed by atoms with Gasteiger partial charge in [-0.3, -0.25) is 4.79 Å². The van der Waals surface area contributed by atoms with Gasteiger partial charge in [0.05, 0.1) is 11.2 Å². The summed E-state index contributed by atoms with van der Waals surface area (Å²) in [5.41, 5.74) is 5.85. The Labute approximate surface area is 77.4 Å². The van der Waals surface area contributed by atoms with Crippen molar-refractivity contribution in [1.82, 2.24) is 9.78 Å². The second-order valence-electron chi connectivity index (χ2n) is 3.74. The molecule has 0 atom stereocenters. The Bertz CT molecular complexity index is 354. The lowest BCUT2D eigenvalue weighted by Crippen LogP contribution is -2.43. The average Bonchev–Trinajstić information content (AvgIpc) is 2.09. The van der Waals surface area contributed by atoms with E-state index in [0.29, 0.717) is 6.54 Å². The fraction of sp³-hybridized carbons (Fsp3) is 0.556. The van der Waals surface area contributed by atoms with Gasteiger partial charge in [-0.15, -0.1) is 0 Å². The van der Waals surface area contributed by atoms with E-state index in [1.165, 1.54) is 10.7 Å². The van der Waals surface area contributed by atoms with Crippen molar-refractivity contribution in [3.05, 3.63) is 28.2 Å². The summed E-state index contributed by atoms with van der Waals surface area (Å²) in [7, 11) is 0. The van der Waals surface area contributed by atoms with Gasteiger partial charge in [-0.2, -0.15) is 5.10 Å². The van der Waals surface area contributed by atoms with Gasteiger partial charge in [-0.1, -0.05) is 0 Å². The molecule has 2 N–H and O–H groups in total. The van der Waals surface area contributed by atoms with Gasteiger partial charge >= 0.3 is 0 Å². The molecule has 72 valence electrons. The standard InChI is InChI=1S/C9H15N3O/c1-7-4-5-8(13)12(11-7)9(2,3)6-10/h4-5H,6,10H2,1-3H3. The van der Waals surface area contributed by atoms with Crippen LogP contribution in [0.15, 0.2) is 16.9 Å². The van der Waals surface area contributed by atoms with Crippen LogP contribution in [-0.4, -0.2) is 16.3 Å². The number of rotatable bonds is 2. The van der Waals surface area contributed by atoms with Crippen LogP contribution in [0.2, 0.25) is 0 Å². The maximum Gasteiger partial charge on any atom is 0.267 e. The number of hydrogen-bond donors (Lipinski definition) is 1. The number of nitrogens with zero attached hydrogens (tertiary/aromatic N) is 2. The van der Waals surface area contributed by atoms with Crippen LogP contribution < -0.4 is 11.3 Å². The topological polar surface area (TPSA) is 60.9 Å². The minimum Gasteiger partial charge on any atom is -0.328 e. The van der Waals surface area contributed by atoms with Crippen molar-refractivity contribution in [2.75, 3.05) is 6.54 Å². The van der Waals surface area contributed by atoms with Crippen LogP contribution in [0.4, 0.5) is 0 Å². The normalized spacial score (nSPS) is 11.7. The summed E-state index contributed by atoms with van der Waals surface area (Å²) in [6, 6.07) is 3.21. The molecule has 0 fully saturated rings. The second kappa shape index (κ2) is 3.30. The summed E-state index contributed by atoms with van der Waals surface area (Å²) < 4.78 is 1.43. The predicted octanol–water partition coefficient (Wildman–Crippen LogP) is 0.246. The Morgan fingerprint density at radius 1 is 1.54 bits per heavy atom. The van der Waals surface area contributed by atoms with Gasteiger partial charge in [0.15, 0.2) is 0 Å². The molecule has 4 heteroatoms. The zero-order valence-electron chi connectivity index (χ0n) is 8.24. The van der Waals surface area contributed by atoms with E-state index in [4.69, 9.17) is 5.73 Å². The van der Waals surface area contributed by atoms with Crippen LogP contribution in [0.1, 0.15) is 19.5 Å². The number of aryl methyl sites for hydroxylation is 1. The lowest BCUT2D eigenvalue weighted by atomic mass is 10.1. The molecule has 0 saturated carbocycles. The van der Waals surface area contributed by atoms with Crippen molar-refractivity contribution in [3.8, 4) is 0 Å². The minimum absolute atomic E-state index is 0.110. The molecule has 13 heavy (non-hydrogen) atoms. The minimum atomic E-state index is -0.414. The van der Waals surface area contributed by atoms with Crippen molar-refractivity contribution in [2.45, 2.75) is 26.3 Å². The van der Waals surface area contributed by atoms with Crippen LogP contribution in [-0.2, 0) is 5.54 Å². The molecular formula is C9H15N3O. The largest absolute Gasteiger partial charge is 0.328 e. The van der Waals surface area contributed by atoms with Crippen molar-refractivity contribution in [2.24, 2.45) is 5.73 Å². The van der Waals surface area contributed by atoms with Crippen molar-refractivity contribution < 1.29 is 0 Å². The molecule has 0 aromatic carbocycles. The third-order valence-electron chi connectivity index (χ3n) is 2.01. The molecule has 0 aliphatic carbocycles. The van der Waals surface area contributed by atoms with Gasteiger partial charge in [0, 0.05) is 12.6 Å². The summed E-state index contributed by atoms with van der Waals surface area (Å²) in [4.78, 5) is 11.4. The van der Waals surface area contributed by atoms with Crippen molar-refractivity contribution in [1.29, 1.82) is 0 Å². The first-order valence-electron chi connectivity index (χ1n) is 4.25. The van der Waals surface area contributed by atoms with Crippen LogP contribution in [0, 0.1) is 6.92 Å². The molecule has 4 nitrogen and oxygen atoms in total. The molecule has 1 aromatic heterocycles. The Hall–Kier alpha value is -1.16. The van der Waals surface area contributed by atoms with Crippen LogP contribution in [0.25, 0.3) is 0 Å². The van der Waals surface area contributed by atoms with E-state index in [1.807, 2.05) is 20.8 Å². The summed E-state index contributed by atoms with van der Waals surface area (Å²) in [6.07, 6.45) is 0. The van der Waals surface area contributed by atoms with E-state index in [1.54, 1.807) is 6.07 Å². The van der Waals surface area contributed by atoms with E-state index in [-0.39, 0.29) is 5.56 Å². The first kappa shape index (κ1) is 9.92.